The molecule has 1 unspecified atom stereocenters. The highest BCUT2D eigenvalue weighted by Gasteiger charge is 2.28. The molecule has 1 aromatic carbocycles. The molecule has 0 saturated heterocycles. The van der Waals surface area contributed by atoms with Gasteiger partial charge in [0.2, 0.25) is 0 Å². The van der Waals surface area contributed by atoms with Crippen molar-refractivity contribution in [3.8, 4) is 0 Å². The second-order valence-electron chi connectivity index (χ2n) is 4.11. The average Bonchev–Trinajstić information content (AvgIpc) is 3.03. The van der Waals surface area contributed by atoms with Gasteiger partial charge < -0.3 is 0 Å². The highest BCUT2D eigenvalue weighted by atomic mass is 79.9. The Morgan fingerprint density at radius 1 is 1.40 bits per heavy atom. The highest BCUT2D eigenvalue weighted by Crippen LogP contribution is 2.39. The van der Waals surface area contributed by atoms with Crippen molar-refractivity contribution >= 4 is 31.9 Å². The number of benzene rings is 1. The lowest BCUT2D eigenvalue weighted by Crippen LogP contribution is -2.03. The lowest BCUT2D eigenvalue weighted by Gasteiger charge is -2.09. The molecule has 1 aromatic rings. The van der Waals surface area contributed by atoms with Gasteiger partial charge in [0.15, 0.2) is 0 Å². The lowest BCUT2D eigenvalue weighted by molar-refractivity contribution is 0.615. The molecule has 15 heavy (non-hydrogen) atoms. The van der Waals surface area contributed by atoms with E-state index in [1.807, 2.05) is 6.07 Å². The fourth-order valence-electron chi connectivity index (χ4n) is 1.73. The van der Waals surface area contributed by atoms with E-state index in [-0.39, 0.29) is 5.82 Å². The maximum atomic E-state index is 13.2. The average molecular weight is 336 g/mol. The maximum absolute atomic E-state index is 13.2. The summed E-state index contributed by atoms with van der Waals surface area (Å²) >= 11 is 6.99. The van der Waals surface area contributed by atoms with Crippen LogP contribution in [-0.4, -0.2) is 4.83 Å². The molecule has 1 fully saturated rings. The normalized spacial score (nSPS) is 17.8. The summed E-state index contributed by atoms with van der Waals surface area (Å²) in [7, 11) is 0. The summed E-state index contributed by atoms with van der Waals surface area (Å²) in [6.45, 7) is 0. The van der Waals surface area contributed by atoms with Crippen molar-refractivity contribution in [1.82, 2.24) is 0 Å². The Hall–Kier alpha value is 0.110. The Kier molecular flexibility index (Phi) is 3.83. The topological polar surface area (TPSA) is 0 Å². The SMILES string of the molecule is Fc1cccc(CCC(Br)C2CC2)c1Br. The van der Waals surface area contributed by atoms with Gasteiger partial charge in [-0.15, -0.1) is 0 Å². The molecule has 0 spiro atoms. The largest absolute Gasteiger partial charge is 0.206 e. The maximum Gasteiger partial charge on any atom is 0.137 e. The molecule has 1 atom stereocenters. The van der Waals surface area contributed by atoms with E-state index in [2.05, 4.69) is 31.9 Å². The van der Waals surface area contributed by atoms with Crippen molar-refractivity contribution in [3.05, 3.63) is 34.1 Å². The Morgan fingerprint density at radius 3 is 2.80 bits per heavy atom. The zero-order valence-corrected chi connectivity index (χ0v) is 11.5. The highest BCUT2D eigenvalue weighted by molar-refractivity contribution is 9.10. The monoisotopic (exact) mass is 334 g/mol. The fraction of sp³-hybridized carbons (Fsp3) is 0.500. The first-order valence-electron chi connectivity index (χ1n) is 5.25. The van der Waals surface area contributed by atoms with E-state index in [0.29, 0.717) is 9.30 Å². The van der Waals surface area contributed by atoms with Crippen molar-refractivity contribution < 1.29 is 4.39 Å². The summed E-state index contributed by atoms with van der Waals surface area (Å²) in [5.41, 5.74) is 1.07. The lowest BCUT2D eigenvalue weighted by atomic mass is 10.1. The van der Waals surface area contributed by atoms with Crippen molar-refractivity contribution in [2.75, 3.05) is 0 Å². The zero-order valence-electron chi connectivity index (χ0n) is 8.35. The molecule has 1 aliphatic rings. The predicted octanol–water partition coefficient (Wildman–Crippen LogP) is 4.69. The van der Waals surface area contributed by atoms with Gasteiger partial charge in [-0.1, -0.05) is 28.1 Å². The second kappa shape index (κ2) is 4.96. The molecule has 0 nitrogen and oxygen atoms in total. The molecule has 0 aliphatic heterocycles. The summed E-state index contributed by atoms with van der Waals surface area (Å²) in [6, 6.07) is 5.25. The van der Waals surface area contributed by atoms with Crippen LogP contribution in [0.25, 0.3) is 0 Å². The van der Waals surface area contributed by atoms with Crippen LogP contribution in [0.1, 0.15) is 24.8 Å². The van der Waals surface area contributed by atoms with E-state index >= 15 is 0 Å². The molecule has 1 aliphatic carbocycles. The molecular weight excluding hydrogens is 323 g/mol. The van der Waals surface area contributed by atoms with Gasteiger partial charge in [-0.05, 0) is 59.2 Å². The van der Waals surface area contributed by atoms with Crippen LogP contribution in [-0.2, 0) is 6.42 Å². The third-order valence-corrected chi connectivity index (χ3v) is 4.95. The third-order valence-electron chi connectivity index (χ3n) is 2.85. The number of rotatable bonds is 4. The van der Waals surface area contributed by atoms with Crippen LogP contribution in [0.5, 0.6) is 0 Å². The predicted molar refractivity (Wildman–Crippen MR) is 67.9 cm³/mol. The Bertz CT molecular complexity index is 347. The van der Waals surface area contributed by atoms with Gasteiger partial charge in [0.1, 0.15) is 5.82 Å². The van der Waals surface area contributed by atoms with Crippen molar-refractivity contribution in [3.63, 3.8) is 0 Å². The first-order chi connectivity index (χ1) is 7.18. The first-order valence-corrected chi connectivity index (χ1v) is 6.96. The number of aryl methyl sites for hydroxylation is 1. The molecule has 0 heterocycles. The quantitative estimate of drug-likeness (QED) is 0.700. The summed E-state index contributed by atoms with van der Waals surface area (Å²) < 4.78 is 13.8. The minimum Gasteiger partial charge on any atom is -0.206 e. The Labute approximate surface area is 107 Å². The van der Waals surface area contributed by atoms with Crippen LogP contribution in [0.15, 0.2) is 22.7 Å². The van der Waals surface area contributed by atoms with Crippen LogP contribution >= 0.6 is 31.9 Å². The minimum absolute atomic E-state index is 0.162. The number of alkyl halides is 1. The molecule has 1 saturated carbocycles. The standard InChI is InChI=1S/C12H13Br2F/c13-10(8-4-5-8)7-6-9-2-1-3-11(15)12(9)14/h1-3,8,10H,4-7H2. The van der Waals surface area contributed by atoms with Gasteiger partial charge in [-0.25, -0.2) is 4.39 Å². The first kappa shape index (κ1) is 11.6. The van der Waals surface area contributed by atoms with Crippen molar-refractivity contribution in [1.29, 1.82) is 0 Å². The van der Waals surface area contributed by atoms with E-state index in [1.54, 1.807) is 6.07 Å². The van der Waals surface area contributed by atoms with E-state index in [4.69, 9.17) is 0 Å². The molecular formula is C12H13Br2F. The van der Waals surface area contributed by atoms with Gasteiger partial charge in [0, 0.05) is 4.83 Å². The molecule has 0 bridgehead atoms. The molecule has 2 rings (SSSR count). The molecule has 0 N–H and O–H groups in total. The van der Waals surface area contributed by atoms with Crippen molar-refractivity contribution in [2.24, 2.45) is 5.92 Å². The fourth-order valence-corrected chi connectivity index (χ4v) is 2.95. The summed E-state index contributed by atoms with van der Waals surface area (Å²) in [5.74, 6) is 0.697. The smallest absolute Gasteiger partial charge is 0.137 e. The minimum atomic E-state index is -0.162. The van der Waals surface area contributed by atoms with E-state index < -0.39 is 0 Å². The van der Waals surface area contributed by atoms with E-state index in [9.17, 15) is 4.39 Å². The number of halogens is 3. The van der Waals surface area contributed by atoms with Gasteiger partial charge in [0.05, 0.1) is 4.47 Å². The number of hydrogen-bond acceptors (Lipinski definition) is 0. The molecule has 82 valence electrons. The Balaban J connectivity index is 1.95. The van der Waals surface area contributed by atoms with Gasteiger partial charge in [-0.3, -0.25) is 0 Å². The Morgan fingerprint density at radius 2 is 2.13 bits per heavy atom. The van der Waals surface area contributed by atoms with Crippen LogP contribution in [0.2, 0.25) is 0 Å². The van der Waals surface area contributed by atoms with E-state index in [1.165, 1.54) is 18.9 Å². The van der Waals surface area contributed by atoms with Gasteiger partial charge >= 0.3 is 0 Å². The van der Waals surface area contributed by atoms with Gasteiger partial charge in [0.25, 0.3) is 0 Å². The molecule has 0 radical (unpaired) electrons. The van der Waals surface area contributed by atoms with E-state index in [0.717, 1.165) is 24.3 Å². The summed E-state index contributed by atoms with van der Waals surface area (Å²) in [5, 5.41) is 0. The zero-order chi connectivity index (χ0) is 10.8. The van der Waals surface area contributed by atoms with Crippen molar-refractivity contribution in [2.45, 2.75) is 30.5 Å². The van der Waals surface area contributed by atoms with Gasteiger partial charge in [-0.2, -0.15) is 0 Å². The molecule has 3 heteroatoms. The summed E-state index contributed by atoms with van der Waals surface area (Å²) in [6.07, 6.45) is 4.72. The van der Waals surface area contributed by atoms with Crippen LogP contribution < -0.4 is 0 Å². The molecule has 0 aromatic heterocycles. The summed E-state index contributed by atoms with van der Waals surface area (Å²) in [4.78, 5) is 0.604. The van der Waals surface area contributed by atoms with Crippen LogP contribution in [0.3, 0.4) is 0 Å². The van der Waals surface area contributed by atoms with Crippen LogP contribution in [0.4, 0.5) is 4.39 Å². The third kappa shape index (κ3) is 3.04. The van der Waals surface area contributed by atoms with Crippen LogP contribution in [0, 0.1) is 11.7 Å². The second-order valence-corrected chi connectivity index (χ2v) is 6.07. The molecule has 0 amide bonds. The number of hydrogen-bond donors (Lipinski definition) is 0.